The lowest BCUT2D eigenvalue weighted by atomic mass is 9.96. The number of aromatic nitrogens is 3. The fourth-order valence-corrected chi connectivity index (χ4v) is 2.19. The Labute approximate surface area is 85.5 Å². The fraction of sp³-hybridized carbons (Fsp3) is 0.625. The van der Waals surface area contributed by atoms with Crippen molar-refractivity contribution < 1.29 is 9.90 Å². The van der Waals surface area contributed by atoms with Gasteiger partial charge in [0.2, 0.25) is 4.77 Å². The van der Waals surface area contributed by atoms with E-state index in [1.165, 1.54) is 0 Å². The third-order valence-electron chi connectivity index (χ3n) is 2.70. The molecule has 2 rings (SSSR count). The van der Waals surface area contributed by atoms with Crippen molar-refractivity contribution in [3.63, 3.8) is 0 Å². The Morgan fingerprint density at radius 2 is 2.29 bits per heavy atom. The van der Waals surface area contributed by atoms with Crippen molar-refractivity contribution in [2.45, 2.75) is 25.2 Å². The van der Waals surface area contributed by atoms with Crippen LogP contribution in [0.3, 0.4) is 0 Å². The van der Waals surface area contributed by atoms with Crippen LogP contribution in [0.15, 0.2) is 0 Å². The van der Waals surface area contributed by atoms with Gasteiger partial charge in [-0.2, -0.15) is 0 Å². The molecule has 3 N–H and O–H groups in total. The van der Waals surface area contributed by atoms with Crippen LogP contribution in [-0.4, -0.2) is 26.3 Å². The number of aliphatic carboxylic acids is 1. The molecule has 1 aliphatic carbocycles. The lowest BCUT2D eigenvalue weighted by Gasteiger charge is -2.11. The minimum absolute atomic E-state index is 0.0135. The van der Waals surface area contributed by atoms with Crippen LogP contribution in [0.2, 0.25) is 0 Å². The summed E-state index contributed by atoms with van der Waals surface area (Å²) in [6.45, 7) is 0. The summed E-state index contributed by atoms with van der Waals surface area (Å²) < 4.78 is 0.385. The van der Waals surface area contributed by atoms with E-state index in [1.54, 1.807) is 0 Å². The molecule has 1 heterocycles. The normalized spacial score (nSPS) is 26.6. The van der Waals surface area contributed by atoms with Gasteiger partial charge < -0.3 is 5.11 Å². The molecule has 1 fully saturated rings. The number of hydrogen-bond acceptors (Lipinski definition) is 3. The Morgan fingerprint density at radius 3 is 2.86 bits per heavy atom. The zero-order valence-corrected chi connectivity index (χ0v) is 8.30. The largest absolute Gasteiger partial charge is 0.481 e. The van der Waals surface area contributed by atoms with E-state index in [0.717, 1.165) is 19.3 Å². The van der Waals surface area contributed by atoms with Gasteiger partial charge in [-0.1, -0.05) is 6.42 Å². The monoisotopic (exact) mass is 213 g/mol. The van der Waals surface area contributed by atoms with Crippen LogP contribution in [0.5, 0.6) is 0 Å². The zero-order valence-electron chi connectivity index (χ0n) is 7.49. The van der Waals surface area contributed by atoms with Crippen LogP contribution in [0.1, 0.15) is 31.0 Å². The maximum Gasteiger partial charge on any atom is 0.307 e. The molecule has 14 heavy (non-hydrogen) atoms. The van der Waals surface area contributed by atoms with E-state index in [2.05, 4.69) is 15.2 Å². The summed E-state index contributed by atoms with van der Waals surface area (Å²) in [5, 5.41) is 14.5. The molecule has 0 spiro atoms. The third-order valence-corrected chi connectivity index (χ3v) is 2.90. The number of rotatable bonds is 2. The molecule has 6 heteroatoms. The molecule has 0 amide bonds. The smallest absolute Gasteiger partial charge is 0.307 e. The highest BCUT2D eigenvalue weighted by atomic mass is 32.1. The lowest BCUT2D eigenvalue weighted by molar-refractivity contribution is -0.142. The molecular formula is C8H11N3O2S. The highest BCUT2D eigenvalue weighted by molar-refractivity contribution is 7.71. The summed E-state index contributed by atoms with van der Waals surface area (Å²) in [4.78, 5) is 15.0. The molecule has 1 aromatic heterocycles. The third kappa shape index (κ3) is 1.57. The first-order chi connectivity index (χ1) is 6.68. The molecule has 1 aliphatic rings. The van der Waals surface area contributed by atoms with Gasteiger partial charge in [0.05, 0.1) is 5.92 Å². The van der Waals surface area contributed by atoms with Crippen molar-refractivity contribution >= 4 is 18.2 Å². The van der Waals surface area contributed by atoms with Crippen molar-refractivity contribution in [3.8, 4) is 0 Å². The molecule has 0 bridgehead atoms. The van der Waals surface area contributed by atoms with Crippen LogP contribution in [0.25, 0.3) is 0 Å². The average Bonchev–Trinajstić information content (AvgIpc) is 2.70. The van der Waals surface area contributed by atoms with Gasteiger partial charge in [0.1, 0.15) is 5.82 Å². The molecule has 1 aromatic rings. The van der Waals surface area contributed by atoms with Gasteiger partial charge in [0.15, 0.2) is 0 Å². The SMILES string of the molecule is O=C(O)[C@@H]1CCC[C@@H]1c1nc(=S)[nH][nH]1. The first-order valence-corrected chi connectivity index (χ1v) is 4.96. The second-order valence-electron chi connectivity index (χ2n) is 3.53. The van der Waals surface area contributed by atoms with Gasteiger partial charge in [-0.3, -0.25) is 15.0 Å². The summed E-state index contributed by atoms with van der Waals surface area (Å²) >= 11 is 4.83. The first-order valence-electron chi connectivity index (χ1n) is 4.56. The Kier molecular flexibility index (Phi) is 2.37. The number of carboxylic acids is 1. The lowest BCUT2D eigenvalue weighted by Crippen LogP contribution is -2.17. The first kappa shape index (κ1) is 9.39. The van der Waals surface area contributed by atoms with E-state index in [1.807, 2.05) is 0 Å². The summed E-state index contributed by atoms with van der Waals surface area (Å²) in [5.74, 6) is -0.390. The maximum atomic E-state index is 10.9. The van der Waals surface area contributed by atoms with E-state index in [0.29, 0.717) is 10.6 Å². The highest BCUT2D eigenvalue weighted by Gasteiger charge is 2.35. The molecule has 76 valence electrons. The molecule has 0 unspecified atom stereocenters. The second kappa shape index (κ2) is 3.53. The molecular weight excluding hydrogens is 202 g/mol. The predicted octanol–water partition coefficient (Wildman–Crippen LogP) is 1.44. The van der Waals surface area contributed by atoms with Crippen LogP contribution in [0, 0.1) is 10.7 Å². The van der Waals surface area contributed by atoms with Gasteiger partial charge in [0, 0.05) is 5.92 Å². The van der Waals surface area contributed by atoms with Crippen LogP contribution in [-0.2, 0) is 4.79 Å². The van der Waals surface area contributed by atoms with Gasteiger partial charge in [0.25, 0.3) is 0 Å². The van der Waals surface area contributed by atoms with Gasteiger partial charge in [-0.05, 0) is 25.1 Å². The van der Waals surface area contributed by atoms with Crippen molar-refractivity contribution in [2.75, 3.05) is 0 Å². The van der Waals surface area contributed by atoms with Gasteiger partial charge in [-0.25, -0.2) is 4.98 Å². The van der Waals surface area contributed by atoms with E-state index in [9.17, 15) is 4.79 Å². The summed E-state index contributed by atoms with van der Waals surface area (Å²) in [6.07, 6.45) is 2.54. The van der Waals surface area contributed by atoms with Gasteiger partial charge >= 0.3 is 5.97 Å². The Morgan fingerprint density at radius 1 is 1.50 bits per heavy atom. The minimum Gasteiger partial charge on any atom is -0.481 e. The summed E-state index contributed by atoms with van der Waals surface area (Å²) in [6, 6.07) is 0. The topological polar surface area (TPSA) is 81.8 Å². The van der Waals surface area contributed by atoms with Crippen molar-refractivity contribution in [2.24, 2.45) is 5.92 Å². The molecule has 0 aromatic carbocycles. The minimum atomic E-state index is -0.741. The quantitative estimate of drug-likeness (QED) is 0.649. The number of nitrogens with zero attached hydrogens (tertiary/aromatic N) is 1. The molecule has 0 aliphatic heterocycles. The number of aromatic amines is 2. The maximum absolute atomic E-state index is 10.9. The Hall–Kier alpha value is -1.17. The van der Waals surface area contributed by atoms with Crippen molar-refractivity contribution in [1.29, 1.82) is 0 Å². The predicted molar refractivity (Wildman–Crippen MR) is 51.5 cm³/mol. The summed E-state index contributed by atoms with van der Waals surface area (Å²) in [5.41, 5.74) is 0. The molecule has 2 atom stereocenters. The number of nitrogens with one attached hydrogen (secondary N) is 2. The molecule has 5 nitrogen and oxygen atoms in total. The molecule has 1 saturated carbocycles. The van der Waals surface area contributed by atoms with Crippen LogP contribution in [0.4, 0.5) is 0 Å². The van der Waals surface area contributed by atoms with Crippen molar-refractivity contribution in [3.05, 3.63) is 10.6 Å². The second-order valence-corrected chi connectivity index (χ2v) is 3.92. The molecule has 0 radical (unpaired) electrons. The average molecular weight is 213 g/mol. The highest BCUT2D eigenvalue weighted by Crippen LogP contribution is 2.37. The van der Waals surface area contributed by atoms with Crippen LogP contribution >= 0.6 is 12.2 Å². The Bertz CT molecular complexity index is 397. The van der Waals surface area contributed by atoms with E-state index in [4.69, 9.17) is 17.3 Å². The standard InChI is InChI=1S/C8H11N3O2S/c12-7(13)5-3-1-2-4(5)6-9-8(14)11-10-6/h4-5H,1-3H2,(H,12,13)(H2,9,10,11,14)/t4-,5+/m0/s1. The number of carboxylic acid groups (broad SMARTS) is 1. The molecule has 0 saturated heterocycles. The van der Waals surface area contributed by atoms with E-state index < -0.39 is 5.97 Å². The van der Waals surface area contributed by atoms with E-state index >= 15 is 0 Å². The number of H-pyrrole nitrogens is 2. The fourth-order valence-electron chi connectivity index (χ4n) is 2.04. The van der Waals surface area contributed by atoms with E-state index in [-0.39, 0.29) is 11.8 Å². The summed E-state index contributed by atoms with van der Waals surface area (Å²) in [7, 11) is 0. The number of carbonyl (C=O) groups is 1. The van der Waals surface area contributed by atoms with Crippen LogP contribution < -0.4 is 0 Å². The van der Waals surface area contributed by atoms with Gasteiger partial charge in [-0.15, -0.1) is 0 Å². The zero-order chi connectivity index (χ0) is 10.1. The number of hydrogen-bond donors (Lipinski definition) is 3. The van der Waals surface area contributed by atoms with Crippen molar-refractivity contribution in [1.82, 2.24) is 15.2 Å². The Balaban J connectivity index is 2.25.